The van der Waals surface area contributed by atoms with Crippen LogP contribution < -0.4 is 10.5 Å². The maximum atomic E-state index is 13.2. The maximum absolute atomic E-state index is 13.2. The lowest BCUT2D eigenvalue weighted by Gasteiger charge is -2.23. The third kappa shape index (κ3) is 6.47. The minimum Gasteiger partial charge on any atom is -0.489 e. The Hall–Kier alpha value is -2.53. The largest absolute Gasteiger partial charge is 0.489 e. The lowest BCUT2D eigenvalue weighted by molar-refractivity contribution is 0.0742. The minimum atomic E-state index is -0.0581. The molecule has 0 unspecified atom stereocenters. The molecule has 0 spiro atoms. The van der Waals surface area contributed by atoms with E-state index in [9.17, 15) is 4.79 Å². The molecule has 0 heterocycles. The van der Waals surface area contributed by atoms with Crippen LogP contribution in [0.3, 0.4) is 0 Å². The summed E-state index contributed by atoms with van der Waals surface area (Å²) in [7, 11) is 0. The van der Waals surface area contributed by atoms with E-state index in [0.29, 0.717) is 48.3 Å². The second-order valence-electron chi connectivity index (χ2n) is 7.37. The molecule has 2 N–H and O–H groups in total. The van der Waals surface area contributed by atoms with Crippen LogP contribution in [0.25, 0.3) is 0 Å². The van der Waals surface area contributed by atoms with Gasteiger partial charge in [0, 0.05) is 18.7 Å². The summed E-state index contributed by atoms with van der Waals surface area (Å²) in [6.45, 7) is 3.92. The van der Waals surface area contributed by atoms with Gasteiger partial charge >= 0.3 is 0 Å². The number of rotatable bonds is 9. The summed E-state index contributed by atoms with van der Waals surface area (Å²) in [4.78, 5) is 15.0. The molecule has 162 valence electrons. The molecule has 6 heteroatoms. The second kappa shape index (κ2) is 11.2. The van der Waals surface area contributed by atoms with E-state index in [1.54, 1.807) is 23.1 Å². The number of aryl methyl sites for hydroxylation is 1. The van der Waals surface area contributed by atoms with Crippen LogP contribution in [-0.4, -0.2) is 23.9 Å². The Balaban J connectivity index is 1.73. The maximum Gasteiger partial charge on any atom is 0.254 e. The van der Waals surface area contributed by atoms with Gasteiger partial charge in [-0.05, 0) is 66.9 Å². The van der Waals surface area contributed by atoms with Crippen LogP contribution in [0.15, 0.2) is 66.7 Å². The molecule has 0 aliphatic carbocycles. The van der Waals surface area contributed by atoms with Gasteiger partial charge < -0.3 is 15.4 Å². The van der Waals surface area contributed by atoms with Gasteiger partial charge in [0.2, 0.25) is 0 Å². The quantitative estimate of drug-likeness (QED) is 0.437. The van der Waals surface area contributed by atoms with Gasteiger partial charge in [0.15, 0.2) is 0 Å². The number of benzene rings is 3. The standard InChI is InChI=1S/C25H26Cl2N2O2/c1-18-14-21(9-11-24(18)31-17-19-6-3-2-4-7-19)25(30)29(13-5-12-28)16-20-8-10-22(26)23(27)15-20/h2-4,6-11,14-15H,5,12-13,16-17,28H2,1H3. The molecule has 0 saturated heterocycles. The molecule has 0 aliphatic rings. The van der Waals surface area contributed by atoms with Crippen LogP contribution >= 0.6 is 23.2 Å². The third-order valence-electron chi connectivity index (χ3n) is 4.94. The summed E-state index contributed by atoms with van der Waals surface area (Å²) in [5.74, 6) is 0.704. The van der Waals surface area contributed by atoms with E-state index in [-0.39, 0.29) is 5.91 Å². The van der Waals surface area contributed by atoms with Crippen LogP contribution in [-0.2, 0) is 13.2 Å². The first kappa shape index (κ1) is 23.1. The van der Waals surface area contributed by atoms with Crippen LogP contribution in [0.1, 0.15) is 33.5 Å². The fraction of sp³-hybridized carbons (Fsp3) is 0.240. The predicted molar refractivity (Wildman–Crippen MR) is 127 cm³/mol. The Bertz CT molecular complexity index is 1030. The van der Waals surface area contributed by atoms with E-state index in [0.717, 1.165) is 22.4 Å². The summed E-state index contributed by atoms with van der Waals surface area (Å²) in [6, 6.07) is 20.9. The molecule has 0 aliphatic heterocycles. The number of hydrogen-bond donors (Lipinski definition) is 1. The average molecular weight is 457 g/mol. The van der Waals surface area contributed by atoms with Crippen LogP contribution in [0.2, 0.25) is 10.0 Å². The van der Waals surface area contributed by atoms with Crippen molar-refractivity contribution in [1.29, 1.82) is 0 Å². The lowest BCUT2D eigenvalue weighted by atomic mass is 10.1. The molecule has 1 amide bonds. The van der Waals surface area contributed by atoms with Gasteiger partial charge in [-0.2, -0.15) is 0 Å². The van der Waals surface area contributed by atoms with E-state index in [2.05, 4.69) is 0 Å². The highest BCUT2D eigenvalue weighted by atomic mass is 35.5. The van der Waals surface area contributed by atoms with Crippen molar-refractivity contribution < 1.29 is 9.53 Å². The van der Waals surface area contributed by atoms with E-state index in [1.807, 2.05) is 55.5 Å². The minimum absolute atomic E-state index is 0.0581. The number of halogens is 2. The fourth-order valence-electron chi connectivity index (χ4n) is 3.26. The molecule has 0 radical (unpaired) electrons. The molecule has 3 aromatic carbocycles. The van der Waals surface area contributed by atoms with Gasteiger partial charge in [0.1, 0.15) is 12.4 Å². The Labute approximate surface area is 193 Å². The zero-order valence-electron chi connectivity index (χ0n) is 17.5. The highest BCUT2D eigenvalue weighted by Gasteiger charge is 2.17. The SMILES string of the molecule is Cc1cc(C(=O)N(CCCN)Cc2ccc(Cl)c(Cl)c2)ccc1OCc1ccccc1. The van der Waals surface area contributed by atoms with Gasteiger partial charge in [0.05, 0.1) is 10.0 Å². The number of carbonyl (C=O) groups is 1. The second-order valence-corrected chi connectivity index (χ2v) is 8.19. The predicted octanol–water partition coefficient (Wildman–Crippen LogP) is 5.87. The number of carbonyl (C=O) groups excluding carboxylic acids is 1. The Kier molecular flexibility index (Phi) is 8.35. The summed E-state index contributed by atoms with van der Waals surface area (Å²) in [5.41, 5.74) is 9.22. The van der Waals surface area contributed by atoms with Crippen molar-refractivity contribution in [2.24, 2.45) is 5.73 Å². The van der Waals surface area contributed by atoms with Gasteiger partial charge in [-0.3, -0.25) is 4.79 Å². The Morgan fingerprint density at radius 3 is 2.42 bits per heavy atom. The summed E-state index contributed by atoms with van der Waals surface area (Å²) >= 11 is 12.2. The van der Waals surface area contributed by atoms with Gasteiger partial charge in [-0.25, -0.2) is 0 Å². The summed E-state index contributed by atoms with van der Waals surface area (Å²) in [6.07, 6.45) is 0.713. The zero-order valence-corrected chi connectivity index (χ0v) is 19.0. The first-order valence-corrected chi connectivity index (χ1v) is 10.9. The fourth-order valence-corrected chi connectivity index (χ4v) is 3.58. The molecule has 0 aromatic heterocycles. The van der Waals surface area contributed by atoms with Crippen molar-refractivity contribution in [3.8, 4) is 5.75 Å². The molecule has 0 fully saturated rings. The number of nitrogens with zero attached hydrogens (tertiary/aromatic N) is 1. The van der Waals surface area contributed by atoms with E-state index >= 15 is 0 Å². The third-order valence-corrected chi connectivity index (χ3v) is 5.67. The van der Waals surface area contributed by atoms with E-state index in [4.69, 9.17) is 33.7 Å². The van der Waals surface area contributed by atoms with E-state index < -0.39 is 0 Å². The number of ether oxygens (including phenoxy) is 1. The molecular formula is C25H26Cl2N2O2. The van der Waals surface area contributed by atoms with Crippen molar-refractivity contribution in [2.75, 3.05) is 13.1 Å². The van der Waals surface area contributed by atoms with Crippen molar-refractivity contribution in [3.05, 3.63) is 99.0 Å². The first-order valence-electron chi connectivity index (χ1n) is 10.2. The topological polar surface area (TPSA) is 55.6 Å². The van der Waals surface area contributed by atoms with Gasteiger partial charge in [-0.1, -0.05) is 59.6 Å². The molecule has 0 saturated carbocycles. The lowest BCUT2D eigenvalue weighted by Crippen LogP contribution is -2.32. The molecule has 31 heavy (non-hydrogen) atoms. The van der Waals surface area contributed by atoms with Crippen molar-refractivity contribution in [3.63, 3.8) is 0 Å². The normalized spacial score (nSPS) is 10.7. The van der Waals surface area contributed by atoms with Crippen LogP contribution in [0.5, 0.6) is 5.75 Å². The van der Waals surface area contributed by atoms with Crippen LogP contribution in [0, 0.1) is 6.92 Å². The van der Waals surface area contributed by atoms with Gasteiger partial charge in [-0.15, -0.1) is 0 Å². The zero-order chi connectivity index (χ0) is 22.2. The number of amides is 1. The molecule has 3 aromatic rings. The van der Waals surface area contributed by atoms with Crippen molar-refractivity contribution in [2.45, 2.75) is 26.5 Å². The van der Waals surface area contributed by atoms with Crippen molar-refractivity contribution >= 4 is 29.1 Å². The van der Waals surface area contributed by atoms with E-state index in [1.165, 1.54) is 0 Å². The molecule has 0 atom stereocenters. The van der Waals surface area contributed by atoms with Gasteiger partial charge in [0.25, 0.3) is 5.91 Å². The number of nitrogens with two attached hydrogens (primary N) is 1. The number of hydrogen-bond acceptors (Lipinski definition) is 3. The highest BCUT2D eigenvalue weighted by molar-refractivity contribution is 6.42. The average Bonchev–Trinajstić information content (AvgIpc) is 2.78. The molecule has 4 nitrogen and oxygen atoms in total. The molecule has 3 rings (SSSR count). The highest BCUT2D eigenvalue weighted by Crippen LogP contribution is 2.25. The Morgan fingerprint density at radius 2 is 1.74 bits per heavy atom. The summed E-state index contributed by atoms with van der Waals surface area (Å²) < 4.78 is 5.93. The van der Waals surface area contributed by atoms with Crippen LogP contribution in [0.4, 0.5) is 0 Å². The smallest absolute Gasteiger partial charge is 0.254 e. The molecule has 0 bridgehead atoms. The molecular weight excluding hydrogens is 431 g/mol. The monoisotopic (exact) mass is 456 g/mol. The van der Waals surface area contributed by atoms with Crippen molar-refractivity contribution in [1.82, 2.24) is 4.90 Å². The Morgan fingerprint density at radius 1 is 0.968 bits per heavy atom. The first-order chi connectivity index (χ1) is 15.0. The summed E-state index contributed by atoms with van der Waals surface area (Å²) in [5, 5.41) is 0.966.